The zero-order valence-corrected chi connectivity index (χ0v) is 12.3. The maximum atomic E-state index is 9.02. The first kappa shape index (κ1) is 15.1. The van der Waals surface area contributed by atoms with Crippen molar-refractivity contribution in [2.24, 2.45) is 0 Å². The van der Waals surface area contributed by atoms with Gasteiger partial charge < -0.3 is 5.32 Å². The maximum absolute atomic E-state index is 9.02. The van der Waals surface area contributed by atoms with E-state index in [0.717, 1.165) is 25.1 Å². The third-order valence-corrected chi connectivity index (χ3v) is 4.00. The Morgan fingerprint density at radius 3 is 2.78 bits per heavy atom. The van der Waals surface area contributed by atoms with Gasteiger partial charge in [-0.2, -0.15) is 5.26 Å². The molecule has 0 saturated heterocycles. The Bertz CT molecular complexity index is 409. The Kier molecular flexibility index (Phi) is 6.85. The van der Waals surface area contributed by atoms with Gasteiger partial charge in [0.15, 0.2) is 0 Å². The number of nitrogens with zero attached hydrogens (tertiary/aromatic N) is 1. The molecule has 18 heavy (non-hydrogen) atoms. The summed E-state index contributed by atoms with van der Waals surface area (Å²) >= 11 is 1.84. The average Bonchev–Trinajstić information content (AvgIpc) is 2.36. The van der Waals surface area contributed by atoms with Gasteiger partial charge in [0, 0.05) is 10.6 Å². The summed E-state index contributed by atoms with van der Waals surface area (Å²) in [7, 11) is 0. The van der Waals surface area contributed by atoms with Crippen LogP contribution >= 0.6 is 11.8 Å². The zero-order valence-electron chi connectivity index (χ0n) is 11.5. The second-order valence-electron chi connectivity index (χ2n) is 4.54. The molecule has 0 amide bonds. The molecule has 0 fully saturated rings. The third kappa shape index (κ3) is 5.12. The lowest BCUT2D eigenvalue weighted by Gasteiger charge is -2.11. The second-order valence-corrected chi connectivity index (χ2v) is 5.68. The van der Waals surface area contributed by atoms with Crippen molar-refractivity contribution in [3.05, 3.63) is 29.3 Å². The van der Waals surface area contributed by atoms with E-state index in [1.165, 1.54) is 16.0 Å². The molecule has 0 aliphatic rings. The predicted molar refractivity (Wildman–Crippen MR) is 79.0 cm³/mol. The fraction of sp³-hybridized carbons (Fsp3) is 0.533. The number of hydrogen-bond acceptors (Lipinski definition) is 3. The van der Waals surface area contributed by atoms with Crippen LogP contribution in [0.3, 0.4) is 0 Å². The quantitative estimate of drug-likeness (QED) is 0.761. The van der Waals surface area contributed by atoms with E-state index in [2.05, 4.69) is 50.4 Å². The standard InChI is InChI=1S/C15H22N2S/c1-4-8-17-14(11-16)7-9-18-15-6-5-12(2)10-13(15)3/h5-6,10,14,17H,4,7-9H2,1-3H3. The van der Waals surface area contributed by atoms with E-state index in [9.17, 15) is 0 Å². The summed E-state index contributed by atoms with van der Waals surface area (Å²) in [5.74, 6) is 0.985. The van der Waals surface area contributed by atoms with Crippen molar-refractivity contribution in [1.29, 1.82) is 5.26 Å². The lowest BCUT2D eigenvalue weighted by molar-refractivity contribution is 0.585. The third-order valence-electron chi connectivity index (χ3n) is 2.79. The Morgan fingerprint density at radius 2 is 2.17 bits per heavy atom. The van der Waals surface area contributed by atoms with Crippen molar-refractivity contribution < 1.29 is 0 Å². The Morgan fingerprint density at radius 1 is 1.39 bits per heavy atom. The van der Waals surface area contributed by atoms with Gasteiger partial charge in [-0.15, -0.1) is 11.8 Å². The lowest BCUT2D eigenvalue weighted by Crippen LogP contribution is -2.28. The monoisotopic (exact) mass is 262 g/mol. The Labute approximate surface area is 115 Å². The van der Waals surface area contributed by atoms with Crippen molar-refractivity contribution in [1.82, 2.24) is 5.32 Å². The van der Waals surface area contributed by atoms with Crippen molar-refractivity contribution in [2.45, 2.75) is 44.6 Å². The van der Waals surface area contributed by atoms with Gasteiger partial charge in [0.2, 0.25) is 0 Å². The minimum Gasteiger partial charge on any atom is -0.302 e. The van der Waals surface area contributed by atoms with Gasteiger partial charge in [0.1, 0.15) is 0 Å². The SMILES string of the molecule is CCCNC(C#N)CCSc1ccc(C)cc1C. The van der Waals surface area contributed by atoms with E-state index in [4.69, 9.17) is 5.26 Å². The second kappa shape index (κ2) is 8.18. The average molecular weight is 262 g/mol. The molecule has 0 aliphatic heterocycles. The van der Waals surface area contributed by atoms with Gasteiger partial charge in [0.25, 0.3) is 0 Å². The van der Waals surface area contributed by atoms with Gasteiger partial charge in [-0.25, -0.2) is 0 Å². The molecular formula is C15H22N2S. The van der Waals surface area contributed by atoms with Crippen molar-refractivity contribution in [3.63, 3.8) is 0 Å². The molecule has 3 heteroatoms. The summed E-state index contributed by atoms with van der Waals surface area (Å²) < 4.78 is 0. The highest BCUT2D eigenvalue weighted by molar-refractivity contribution is 7.99. The fourth-order valence-corrected chi connectivity index (χ4v) is 2.80. The number of thioether (sulfide) groups is 1. The fourth-order valence-electron chi connectivity index (χ4n) is 1.78. The molecule has 2 nitrogen and oxygen atoms in total. The van der Waals surface area contributed by atoms with Crippen LogP contribution in [-0.4, -0.2) is 18.3 Å². The number of nitrogens with one attached hydrogen (secondary N) is 1. The van der Waals surface area contributed by atoms with E-state index in [1.807, 2.05) is 11.8 Å². The summed E-state index contributed by atoms with van der Waals surface area (Å²) in [5, 5.41) is 12.3. The van der Waals surface area contributed by atoms with Crippen molar-refractivity contribution in [3.8, 4) is 6.07 Å². The molecule has 0 radical (unpaired) electrons. The van der Waals surface area contributed by atoms with Crippen molar-refractivity contribution >= 4 is 11.8 Å². The van der Waals surface area contributed by atoms with Gasteiger partial charge >= 0.3 is 0 Å². The normalized spacial score (nSPS) is 12.1. The zero-order chi connectivity index (χ0) is 13.4. The first-order valence-corrected chi connectivity index (χ1v) is 7.49. The summed E-state index contributed by atoms with van der Waals surface area (Å²) in [4.78, 5) is 1.33. The number of rotatable bonds is 7. The first-order chi connectivity index (χ1) is 8.67. The van der Waals surface area contributed by atoms with Gasteiger partial charge in [0.05, 0.1) is 12.1 Å². The molecule has 0 aliphatic carbocycles. The van der Waals surface area contributed by atoms with Crippen LogP contribution in [0.1, 0.15) is 30.9 Å². The highest BCUT2D eigenvalue weighted by Crippen LogP contribution is 2.24. The molecule has 0 heterocycles. The molecule has 0 bridgehead atoms. The summed E-state index contributed by atoms with van der Waals surface area (Å²) in [5.41, 5.74) is 2.63. The highest BCUT2D eigenvalue weighted by atomic mass is 32.2. The van der Waals surface area contributed by atoms with Crippen LogP contribution in [0.15, 0.2) is 23.1 Å². The van der Waals surface area contributed by atoms with Crippen LogP contribution in [0.5, 0.6) is 0 Å². The minimum absolute atomic E-state index is 0.0109. The highest BCUT2D eigenvalue weighted by Gasteiger charge is 2.06. The molecule has 98 valence electrons. The van der Waals surface area contributed by atoms with Crippen LogP contribution in [0.2, 0.25) is 0 Å². The predicted octanol–water partition coefficient (Wildman–Crippen LogP) is 3.68. The number of nitriles is 1. The number of aryl methyl sites for hydroxylation is 2. The Balaban J connectivity index is 2.38. The van der Waals surface area contributed by atoms with E-state index < -0.39 is 0 Å². The van der Waals surface area contributed by atoms with Crippen LogP contribution in [0, 0.1) is 25.2 Å². The Hall–Kier alpha value is -0.980. The van der Waals surface area contributed by atoms with Crippen LogP contribution in [0.25, 0.3) is 0 Å². The van der Waals surface area contributed by atoms with Crippen molar-refractivity contribution in [2.75, 3.05) is 12.3 Å². The maximum Gasteiger partial charge on any atom is 0.0961 e. The van der Waals surface area contributed by atoms with Gasteiger partial charge in [-0.3, -0.25) is 0 Å². The lowest BCUT2D eigenvalue weighted by atomic mass is 10.2. The summed E-state index contributed by atoms with van der Waals surface area (Å²) in [6, 6.07) is 8.84. The number of benzene rings is 1. The number of hydrogen-bond donors (Lipinski definition) is 1. The molecule has 1 rings (SSSR count). The smallest absolute Gasteiger partial charge is 0.0961 e. The van der Waals surface area contributed by atoms with Gasteiger partial charge in [-0.1, -0.05) is 24.6 Å². The van der Waals surface area contributed by atoms with Crippen LogP contribution in [-0.2, 0) is 0 Å². The molecule has 1 unspecified atom stereocenters. The molecular weight excluding hydrogens is 240 g/mol. The molecule has 1 aromatic rings. The minimum atomic E-state index is -0.0109. The molecule has 1 N–H and O–H groups in total. The van der Waals surface area contributed by atoms with Crippen LogP contribution < -0.4 is 5.32 Å². The van der Waals surface area contributed by atoms with Gasteiger partial charge in [-0.05, 0) is 44.9 Å². The van der Waals surface area contributed by atoms with E-state index in [0.29, 0.717) is 0 Å². The van der Waals surface area contributed by atoms with E-state index in [-0.39, 0.29) is 6.04 Å². The molecule has 0 spiro atoms. The molecule has 1 atom stereocenters. The van der Waals surface area contributed by atoms with E-state index in [1.54, 1.807) is 0 Å². The summed E-state index contributed by atoms with van der Waals surface area (Å²) in [6.45, 7) is 7.30. The molecule has 1 aromatic carbocycles. The molecule has 0 aromatic heterocycles. The van der Waals surface area contributed by atoms with Crippen LogP contribution in [0.4, 0.5) is 0 Å². The molecule has 0 saturated carbocycles. The largest absolute Gasteiger partial charge is 0.302 e. The topological polar surface area (TPSA) is 35.8 Å². The first-order valence-electron chi connectivity index (χ1n) is 6.50. The van der Waals surface area contributed by atoms with E-state index >= 15 is 0 Å². The summed E-state index contributed by atoms with van der Waals surface area (Å²) in [6.07, 6.45) is 1.97.